The molecule has 1 aromatic heterocycles. The van der Waals surface area contributed by atoms with Crippen LogP contribution in [0.25, 0.3) is 0 Å². The van der Waals surface area contributed by atoms with Crippen LogP contribution in [0, 0.1) is 5.92 Å². The molecule has 2 rings (SSSR count). The first-order chi connectivity index (χ1) is 7.29. The number of methoxy groups -OCH3 is 1. The Hall–Kier alpha value is -0.870. The van der Waals surface area contributed by atoms with Crippen molar-refractivity contribution in [3.8, 4) is 0 Å². The molecule has 1 aliphatic heterocycles. The lowest BCUT2D eigenvalue weighted by Gasteiger charge is -2.04. The number of hydrogen-bond donors (Lipinski definition) is 1. The molecule has 1 unspecified atom stereocenters. The fourth-order valence-electron chi connectivity index (χ4n) is 1.87. The Morgan fingerprint density at radius 2 is 2.53 bits per heavy atom. The van der Waals surface area contributed by atoms with Crippen LogP contribution in [-0.4, -0.2) is 26.2 Å². The first kappa shape index (κ1) is 10.6. The molecule has 0 aliphatic carbocycles. The monoisotopic (exact) mass is 225 g/mol. The maximum atomic E-state index is 11.2. The molecule has 0 radical (unpaired) electrons. The van der Waals surface area contributed by atoms with E-state index in [4.69, 9.17) is 0 Å². The average Bonchev–Trinajstić information content (AvgIpc) is 2.88. The number of esters is 1. The SMILES string of the molecule is COC(=O)c1ccc(CC2CCNC2)s1. The van der Waals surface area contributed by atoms with Gasteiger partial charge in [0.15, 0.2) is 0 Å². The zero-order chi connectivity index (χ0) is 10.7. The van der Waals surface area contributed by atoms with E-state index < -0.39 is 0 Å². The molecule has 0 bridgehead atoms. The molecule has 0 saturated carbocycles. The van der Waals surface area contributed by atoms with Crippen LogP contribution in [0.2, 0.25) is 0 Å². The summed E-state index contributed by atoms with van der Waals surface area (Å²) in [5.74, 6) is 0.505. The van der Waals surface area contributed by atoms with Crippen molar-refractivity contribution in [3.63, 3.8) is 0 Å². The van der Waals surface area contributed by atoms with Crippen molar-refractivity contribution in [1.82, 2.24) is 5.32 Å². The van der Waals surface area contributed by atoms with E-state index in [2.05, 4.69) is 10.1 Å². The molecule has 1 aliphatic rings. The van der Waals surface area contributed by atoms with Gasteiger partial charge in [-0.05, 0) is 44.0 Å². The lowest BCUT2D eigenvalue weighted by molar-refractivity contribution is 0.0606. The zero-order valence-corrected chi connectivity index (χ0v) is 9.60. The van der Waals surface area contributed by atoms with Gasteiger partial charge in [-0.25, -0.2) is 4.79 Å². The molecule has 1 saturated heterocycles. The Bertz CT molecular complexity index is 342. The van der Waals surface area contributed by atoms with Crippen LogP contribution in [-0.2, 0) is 11.2 Å². The third-order valence-electron chi connectivity index (χ3n) is 2.70. The summed E-state index contributed by atoms with van der Waals surface area (Å²) in [6.45, 7) is 2.23. The van der Waals surface area contributed by atoms with Crippen LogP contribution in [0.3, 0.4) is 0 Å². The largest absolute Gasteiger partial charge is 0.465 e. The van der Waals surface area contributed by atoms with Crippen molar-refractivity contribution < 1.29 is 9.53 Å². The van der Waals surface area contributed by atoms with Crippen molar-refractivity contribution in [3.05, 3.63) is 21.9 Å². The van der Waals surface area contributed by atoms with Gasteiger partial charge >= 0.3 is 5.97 Å². The average molecular weight is 225 g/mol. The van der Waals surface area contributed by atoms with Gasteiger partial charge in [-0.1, -0.05) is 0 Å². The van der Waals surface area contributed by atoms with Crippen LogP contribution >= 0.6 is 11.3 Å². The Morgan fingerprint density at radius 3 is 3.20 bits per heavy atom. The van der Waals surface area contributed by atoms with E-state index >= 15 is 0 Å². The summed E-state index contributed by atoms with van der Waals surface area (Å²) >= 11 is 1.55. The fraction of sp³-hybridized carbons (Fsp3) is 0.545. The van der Waals surface area contributed by atoms with E-state index in [0.717, 1.165) is 25.4 Å². The van der Waals surface area contributed by atoms with Crippen LogP contribution < -0.4 is 5.32 Å². The number of hydrogen-bond acceptors (Lipinski definition) is 4. The lowest BCUT2D eigenvalue weighted by Crippen LogP contribution is -2.10. The summed E-state index contributed by atoms with van der Waals surface area (Å²) in [5.41, 5.74) is 0. The van der Waals surface area contributed by atoms with Crippen LogP contribution in [0.15, 0.2) is 12.1 Å². The van der Waals surface area contributed by atoms with Gasteiger partial charge < -0.3 is 10.1 Å². The van der Waals surface area contributed by atoms with E-state index in [1.807, 2.05) is 12.1 Å². The molecular formula is C11H15NO2S. The number of thiophene rings is 1. The molecule has 2 heterocycles. The first-order valence-corrected chi connectivity index (χ1v) is 5.99. The predicted molar refractivity (Wildman–Crippen MR) is 60.3 cm³/mol. The summed E-state index contributed by atoms with van der Waals surface area (Å²) in [5, 5.41) is 3.35. The number of ether oxygens (including phenoxy) is 1. The van der Waals surface area contributed by atoms with Gasteiger partial charge in [0.05, 0.1) is 7.11 Å². The molecule has 1 aromatic rings. The molecule has 0 amide bonds. The Kier molecular flexibility index (Phi) is 3.38. The Labute approximate surface area is 93.4 Å². The highest BCUT2D eigenvalue weighted by molar-refractivity contribution is 7.13. The molecule has 15 heavy (non-hydrogen) atoms. The molecule has 1 N–H and O–H groups in total. The van der Waals surface area contributed by atoms with Crippen molar-refractivity contribution in [2.24, 2.45) is 5.92 Å². The summed E-state index contributed by atoms with van der Waals surface area (Å²) in [6, 6.07) is 3.89. The highest BCUT2D eigenvalue weighted by Crippen LogP contribution is 2.22. The summed E-state index contributed by atoms with van der Waals surface area (Å²) in [4.78, 5) is 13.2. The molecule has 1 atom stereocenters. The fourth-order valence-corrected chi connectivity index (χ4v) is 2.91. The maximum Gasteiger partial charge on any atom is 0.348 e. The number of carbonyl (C=O) groups is 1. The van der Waals surface area contributed by atoms with Gasteiger partial charge in [-0.15, -0.1) is 11.3 Å². The van der Waals surface area contributed by atoms with E-state index in [9.17, 15) is 4.79 Å². The van der Waals surface area contributed by atoms with Gasteiger partial charge in [-0.2, -0.15) is 0 Å². The summed E-state index contributed by atoms with van der Waals surface area (Å²) in [6.07, 6.45) is 2.32. The topological polar surface area (TPSA) is 38.3 Å². The molecular weight excluding hydrogens is 210 g/mol. The van der Waals surface area contributed by atoms with Gasteiger partial charge in [0.2, 0.25) is 0 Å². The number of rotatable bonds is 3. The molecule has 82 valence electrons. The number of nitrogens with one attached hydrogen (secondary N) is 1. The Morgan fingerprint density at radius 1 is 1.67 bits per heavy atom. The van der Waals surface area contributed by atoms with Crippen LogP contribution in [0.4, 0.5) is 0 Å². The molecule has 0 aromatic carbocycles. The Balaban J connectivity index is 1.97. The van der Waals surface area contributed by atoms with Crippen LogP contribution in [0.5, 0.6) is 0 Å². The third-order valence-corrected chi connectivity index (χ3v) is 3.79. The van der Waals surface area contributed by atoms with Crippen molar-refractivity contribution >= 4 is 17.3 Å². The summed E-state index contributed by atoms with van der Waals surface area (Å²) in [7, 11) is 1.42. The maximum absolute atomic E-state index is 11.2. The van der Waals surface area contributed by atoms with Gasteiger partial charge in [0, 0.05) is 4.88 Å². The minimum Gasteiger partial charge on any atom is -0.465 e. The highest BCUT2D eigenvalue weighted by atomic mass is 32.1. The second-order valence-corrected chi connectivity index (χ2v) is 4.99. The third kappa shape index (κ3) is 2.58. The first-order valence-electron chi connectivity index (χ1n) is 5.17. The normalized spacial score (nSPS) is 20.5. The smallest absolute Gasteiger partial charge is 0.348 e. The molecule has 3 nitrogen and oxygen atoms in total. The van der Waals surface area contributed by atoms with Gasteiger partial charge in [0.1, 0.15) is 4.88 Å². The van der Waals surface area contributed by atoms with Crippen LogP contribution in [0.1, 0.15) is 21.0 Å². The second-order valence-electron chi connectivity index (χ2n) is 3.82. The van der Waals surface area contributed by atoms with E-state index in [-0.39, 0.29) is 5.97 Å². The molecule has 0 spiro atoms. The minimum absolute atomic E-state index is 0.226. The summed E-state index contributed by atoms with van der Waals surface area (Å²) < 4.78 is 4.68. The molecule has 4 heteroatoms. The van der Waals surface area contributed by atoms with E-state index in [1.165, 1.54) is 18.4 Å². The van der Waals surface area contributed by atoms with Crippen molar-refractivity contribution in [2.75, 3.05) is 20.2 Å². The lowest BCUT2D eigenvalue weighted by atomic mass is 10.0. The molecule has 1 fully saturated rings. The second kappa shape index (κ2) is 4.77. The quantitative estimate of drug-likeness (QED) is 0.795. The van der Waals surface area contributed by atoms with Gasteiger partial charge in [-0.3, -0.25) is 0 Å². The zero-order valence-electron chi connectivity index (χ0n) is 8.79. The van der Waals surface area contributed by atoms with Gasteiger partial charge in [0.25, 0.3) is 0 Å². The highest BCUT2D eigenvalue weighted by Gasteiger charge is 2.17. The van der Waals surface area contributed by atoms with Crippen molar-refractivity contribution in [2.45, 2.75) is 12.8 Å². The van der Waals surface area contributed by atoms with E-state index in [0.29, 0.717) is 4.88 Å². The van der Waals surface area contributed by atoms with Crippen molar-refractivity contribution in [1.29, 1.82) is 0 Å². The van der Waals surface area contributed by atoms with E-state index in [1.54, 1.807) is 11.3 Å². The number of carbonyl (C=O) groups excluding carboxylic acids is 1. The minimum atomic E-state index is -0.226. The standard InChI is InChI=1S/C11H15NO2S/c1-14-11(13)10-3-2-9(15-10)6-8-4-5-12-7-8/h2-3,8,12H,4-7H2,1H3. The predicted octanol–water partition coefficient (Wildman–Crippen LogP) is 1.69.